The van der Waals surface area contributed by atoms with E-state index in [1.54, 1.807) is 6.92 Å². The Morgan fingerprint density at radius 2 is 2.29 bits per heavy atom. The molecule has 17 heavy (non-hydrogen) atoms. The third-order valence-corrected chi connectivity index (χ3v) is 4.09. The molecule has 4 heteroatoms. The van der Waals surface area contributed by atoms with Gasteiger partial charge in [0.05, 0.1) is 18.1 Å². The minimum atomic E-state index is 0.156. The van der Waals surface area contributed by atoms with E-state index in [0.29, 0.717) is 5.41 Å². The molecule has 0 saturated carbocycles. The van der Waals surface area contributed by atoms with Gasteiger partial charge in [-0.05, 0) is 31.0 Å². The van der Waals surface area contributed by atoms with Crippen LogP contribution in [0.3, 0.4) is 0 Å². The van der Waals surface area contributed by atoms with Crippen molar-refractivity contribution in [2.24, 2.45) is 5.41 Å². The fraction of sp³-hybridized carbons (Fsp3) is 0.615. The highest BCUT2D eigenvalue weighted by molar-refractivity contribution is 7.12. The summed E-state index contributed by atoms with van der Waals surface area (Å²) in [4.78, 5) is 14.4. The molecule has 2 heterocycles. The molecule has 1 fully saturated rings. The zero-order valence-electron chi connectivity index (χ0n) is 10.7. The Morgan fingerprint density at radius 3 is 2.76 bits per heavy atom. The van der Waals surface area contributed by atoms with Gasteiger partial charge in [-0.3, -0.25) is 4.79 Å². The van der Waals surface area contributed by atoms with Crippen LogP contribution in [0.4, 0.5) is 0 Å². The van der Waals surface area contributed by atoms with E-state index in [1.807, 2.05) is 6.07 Å². The Balaban J connectivity index is 1.88. The Hall–Kier alpha value is -0.710. The third-order valence-electron chi connectivity index (χ3n) is 3.01. The maximum atomic E-state index is 11.2. The van der Waals surface area contributed by atoms with Crippen molar-refractivity contribution < 1.29 is 9.53 Å². The molecule has 0 aliphatic carbocycles. The Labute approximate surface area is 106 Å². The van der Waals surface area contributed by atoms with Crippen LogP contribution in [0.25, 0.3) is 0 Å². The second kappa shape index (κ2) is 4.88. The second-order valence-corrected chi connectivity index (χ2v) is 6.26. The standard InChI is InChI=1S/C13H19NO2S/c1-10(15)12-4-11(6-17-12)5-14(3)7-13(2)8-16-9-13/h4,6H,5,7-9H2,1-3H3. The van der Waals surface area contributed by atoms with Crippen LogP contribution < -0.4 is 0 Å². The third kappa shape index (κ3) is 3.15. The Morgan fingerprint density at radius 1 is 1.59 bits per heavy atom. The van der Waals surface area contributed by atoms with Gasteiger partial charge in [0, 0.05) is 18.5 Å². The average molecular weight is 253 g/mol. The van der Waals surface area contributed by atoms with Gasteiger partial charge in [-0.25, -0.2) is 0 Å². The summed E-state index contributed by atoms with van der Waals surface area (Å²) in [7, 11) is 2.12. The summed E-state index contributed by atoms with van der Waals surface area (Å²) < 4.78 is 5.26. The van der Waals surface area contributed by atoms with Crippen molar-refractivity contribution in [1.82, 2.24) is 4.90 Å². The lowest BCUT2D eigenvalue weighted by Crippen LogP contribution is -2.47. The fourth-order valence-corrected chi connectivity index (χ4v) is 3.01. The van der Waals surface area contributed by atoms with Gasteiger partial charge >= 0.3 is 0 Å². The maximum Gasteiger partial charge on any atom is 0.169 e. The Kier molecular flexibility index (Phi) is 3.66. The molecular weight excluding hydrogens is 234 g/mol. The van der Waals surface area contributed by atoms with Gasteiger partial charge < -0.3 is 9.64 Å². The van der Waals surface area contributed by atoms with Gasteiger partial charge in [0.2, 0.25) is 0 Å². The summed E-state index contributed by atoms with van der Waals surface area (Å²) in [5.41, 5.74) is 1.54. The van der Waals surface area contributed by atoms with E-state index in [-0.39, 0.29) is 5.78 Å². The first kappa shape index (κ1) is 12.7. The molecule has 0 N–H and O–H groups in total. The van der Waals surface area contributed by atoms with Crippen LogP contribution in [0.5, 0.6) is 0 Å². The smallest absolute Gasteiger partial charge is 0.169 e. The number of rotatable bonds is 5. The molecule has 3 nitrogen and oxygen atoms in total. The molecule has 94 valence electrons. The monoisotopic (exact) mass is 253 g/mol. The lowest BCUT2D eigenvalue weighted by Gasteiger charge is -2.40. The second-order valence-electron chi connectivity index (χ2n) is 5.35. The van der Waals surface area contributed by atoms with Crippen LogP contribution in [-0.2, 0) is 11.3 Å². The number of carbonyl (C=O) groups excluding carboxylic acids is 1. The zero-order chi connectivity index (χ0) is 12.5. The van der Waals surface area contributed by atoms with E-state index < -0.39 is 0 Å². The van der Waals surface area contributed by atoms with Crippen molar-refractivity contribution in [2.45, 2.75) is 20.4 Å². The predicted molar refractivity (Wildman–Crippen MR) is 69.6 cm³/mol. The highest BCUT2D eigenvalue weighted by atomic mass is 32.1. The van der Waals surface area contributed by atoms with Crippen molar-refractivity contribution in [3.05, 3.63) is 21.9 Å². The molecule has 1 aliphatic rings. The van der Waals surface area contributed by atoms with Crippen molar-refractivity contribution in [2.75, 3.05) is 26.8 Å². The number of ketones is 1. The summed E-state index contributed by atoms with van der Waals surface area (Å²) in [6.07, 6.45) is 0. The van der Waals surface area contributed by atoms with Crippen LogP contribution in [0.2, 0.25) is 0 Å². The number of carbonyl (C=O) groups is 1. The first-order valence-electron chi connectivity index (χ1n) is 5.83. The quantitative estimate of drug-likeness (QED) is 0.755. The van der Waals surface area contributed by atoms with Crippen molar-refractivity contribution in [3.63, 3.8) is 0 Å². The number of thiophene rings is 1. The largest absolute Gasteiger partial charge is 0.380 e. The molecule has 1 saturated heterocycles. The van der Waals surface area contributed by atoms with Gasteiger partial charge in [-0.1, -0.05) is 6.92 Å². The molecule has 0 radical (unpaired) electrons. The number of nitrogens with zero attached hydrogens (tertiary/aromatic N) is 1. The minimum absolute atomic E-state index is 0.156. The molecule has 0 aromatic carbocycles. The van der Waals surface area contributed by atoms with Gasteiger partial charge in [0.1, 0.15) is 0 Å². The van der Waals surface area contributed by atoms with E-state index in [9.17, 15) is 4.79 Å². The van der Waals surface area contributed by atoms with Crippen LogP contribution in [-0.4, -0.2) is 37.5 Å². The molecular formula is C13H19NO2S. The van der Waals surface area contributed by atoms with Crippen LogP contribution in [0.15, 0.2) is 11.4 Å². The zero-order valence-corrected chi connectivity index (χ0v) is 11.5. The average Bonchev–Trinajstić information content (AvgIpc) is 2.63. The first-order valence-corrected chi connectivity index (χ1v) is 6.71. The molecule has 0 amide bonds. The molecule has 1 aliphatic heterocycles. The van der Waals surface area contributed by atoms with Gasteiger partial charge in [-0.15, -0.1) is 11.3 Å². The van der Waals surface area contributed by atoms with E-state index in [1.165, 1.54) is 16.9 Å². The van der Waals surface area contributed by atoms with Gasteiger partial charge in [0.25, 0.3) is 0 Å². The van der Waals surface area contributed by atoms with Crippen molar-refractivity contribution >= 4 is 17.1 Å². The van der Waals surface area contributed by atoms with Crippen LogP contribution in [0.1, 0.15) is 29.1 Å². The molecule has 0 atom stereocenters. The number of hydrogen-bond donors (Lipinski definition) is 0. The van der Waals surface area contributed by atoms with E-state index in [0.717, 1.165) is 31.2 Å². The van der Waals surface area contributed by atoms with Crippen LogP contribution >= 0.6 is 11.3 Å². The van der Waals surface area contributed by atoms with E-state index >= 15 is 0 Å². The fourth-order valence-electron chi connectivity index (χ4n) is 2.20. The SMILES string of the molecule is CC(=O)c1cc(CN(C)CC2(C)COC2)cs1. The topological polar surface area (TPSA) is 29.5 Å². The summed E-state index contributed by atoms with van der Waals surface area (Å²) in [5.74, 6) is 0.156. The highest BCUT2D eigenvalue weighted by Crippen LogP contribution is 2.28. The normalized spacial score (nSPS) is 18.1. The maximum absolute atomic E-state index is 11.2. The molecule has 1 aromatic heterocycles. The summed E-state index contributed by atoms with van der Waals surface area (Å²) >= 11 is 1.54. The molecule has 0 bridgehead atoms. The minimum Gasteiger partial charge on any atom is -0.380 e. The first-order chi connectivity index (χ1) is 7.98. The van der Waals surface area contributed by atoms with E-state index in [2.05, 4.69) is 24.3 Å². The summed E-state index contributed by atoms with van der Waals surface area (Å²) in [5, 5.41) is 2.08. The van der Waals surface area contributed by atoms with Gasteiger partial charge in [0.15, 0.2) is 5.78 Å². The summed E-state index contributed by atoms with van der Waals surface area (Å²) in [6.45, 7) is 7.53. The van der Waals surface area contributed by atoms with Crippen LogP contribution in [0, 0.1) is 5.41 Å². The molecule has 0 spiro atoms. The molecule has 0 unspecified atom stereocenters. The Bertz CT molecular complexity index is 409. The van der Waals surface area contributed by atoms with E-state index in [4.69, 9.17) is 4.74 Å². The highest BCUT2D eigenvalue weighted by Gasteiger charge is 2.34. The number of hydrogen-bond acceptors (Lipinski definition) is 4. The van der Waals surface area contributed by atoms with Gasteiger partial charge in [-0.2, -0.15) is 0 Å². The molecule has 1 aromatic rings. The lowest BCUT2D eigenvalue weighted by atomic mass is 9.88. The van der Waals surface area contributed by atoms with Crippen molar-refractivity contribution in [1.29, 1.82) is 0 Å². The summed E-state index contributed by atoms with van der Waals surface area (Å²) in [6, 6.07) is 2.00. The predicted octanol–water partition coefficient (Wildman–Crippen LogP) is 2.42. The number of ether oxygens (including phenoxy) is 1. The van der Waals surface area contributed by atoms with Crippen molar-refractivity contribution in [3.8, 4) is 0 Å². The lowest BCUT2D eigenvalue weighted by molar-refractivity contribution is -0.113. The number of Topliss-reactive ketones (excluding diaryl/α,β-unsaturated/α-hetero) is 1. The molecule has 2 rings (SSSR count).